The van der Waals surface area contributed by atoms with Crippen molar-refractivity contribution in [1.82, 2.24) is 15.5 Å². The van der Waals surface area contributed by atoms with Crippen molar-refractivity contribution < 1.29 is 52.4 Å². The van der Waals surface area contributed by atoms with Gasteiger partial charge in [0.2, 0.25) is 0 Å². The first kappa shape index (κ1) is 76.8. The maximum atomic E-state index is 13.9. The molecule has 0 aliphatic heterocycles. The van der Waals surface area contributed by atoms with E-state index in [0.717, 1.165) is 167 Å². The number of benzene rings is 4. The average molecular weight is 1300 g/mol. The lowest BCUT2D eigenvalue weighted by atomic mass is 9.94. The van der Waals surface area contributed by atoms with Crippen LogP contribution < -0.4 is 10.6 Å². The molecule has 0 saturated heterocycles. The minimum absolute atomic E-state index is 0.00765. The second-order valence-electron chi connectivity index (χ2n) is 26.3. The summed E-state index contributed by atoms with van der Waals surface area (Å²) < 4.78 is 35.3. The number of carbonyl (C=O) groups excluding carboxylic acids is 5. The Bertz CT molecular complexity index is 2600. The topological polar surface area (TPSA) is 168 Å². The van der Waals surface area contributed by atoms with Crippen molar-refractivity contribution in [1.29, 1.82) is 0 Å². The molecule has 94 heavy (non-hydrogen) atoms. The highest BCUT2D eigenvalue weighted by Gasteiger charge is 2.32. The highest BCUT2D eigenvalue weighted by atomic mass is 16.6. The van der Waals surface area contributed by atoms with E-state index in [1.54, 1.807) is 0 Å². The van der Waals surface area contributed by atoms with Gasteiger partial charge >= 0.3 is 30.1 Å². The molecule has 2 N–H and O–H groups in total. The van der Waals surface area contributed by atoms with Crippen LogP contribution in [0.2, 0.25) is 0 Å². The molecular weight excluding hydrogens is 1180 g/mol. The number of esters is 3. The van der Waals surface area contributed by atoms with Crippen LogP contribution in [0.1, 0.15) is 261 Å². The molecule has 0 radical (unpaired) electrons. The maximum Gasteiger partial charge on any atom is 0.407 e. The molecule has 0 fully saturated rings. The Morgan fingerprint density at radius 1 is 0.362 bits per heavy atom. The number of unbranched alkanes of at least 4 members (excludes halogenated alkanes) is 19. The minimum atomic E-state index is -0.991. The predicted molar refractivity (Wildman–Crippen MR) is 378 cm³/mol. The van der Waals surface area contributed by atoms with Gasteiger partial charge < -0.3 is 44.0 Å². The van der Waals surface area contributed by atoms with Gasteiger partial charge in [0, 0.05) is 24.9 Å². The van der Waals surface area contributed by atoms with Crippen LogP contribution in [0.3, 0.4) is 0 Å². The summed E-state index contributed by atoms with van der Waals surface area (Å²) in [5.41, 5.74) is 9.02. The van der Waals surface area contributed by atoms with Crippen LogP contribution in [0.4, 0.5) is 9.59 Å². The summed E-state index contributed by atoms with van der Waals surface area (Å²) >= 11 is 0. The van der Waals surface area contributed by atoms with Gasteiger partial charge in [-0.25, -0.2) is 14.4 Å². The van der Waals surface area contributed by atoms with Crippen LogP contribution in [0.5, 0.6) is 0 Å². The summed E-state index contributed by atoms with van der Waals surface area (Å²) in [5, 5.41) is 5.69. The standard InChI is InChI=1S/C80H119N3O11/c1-5-9-13-21-39-63(40-22-14-10-6-2)76(84)90-56-37-19-17-35-53-83(54-36-18-20-38-57-91-77(85)64(41-23-15-11-7-3)42-24-16-12-8-4)55-58-89-59-60-92-78(86)75(82-80(88)94-62-74-71-49-31-27-45-67(71)68-46-28-32-50-72(68)74)51-33-34-52-81-79(87)93-61-73-69-47-29-25-43-65(69)66-44-26-30-48-70(66)73/h25-32,43-50,63-64,73-75H,5-24,33-42,51-62H2,1-4H3,(H,81,87)(H,82,88). The van der Waals surface area contributed by atoms with E-state index in [2.05, 4.69) is 91.8 Å². The van der Waals surface area contributed by atoms with Gasteiger partial charge in [-0.1, -0.05) is 253 Å². The molecule has 0 aromatic heterocycles. The largest absolute Gasteiger partial charge is 0.465 e. The van der Waals surface area contributed by atoms with Crippen LogP contribution in [0.25, 0.3) is 22.3 Å². The molecule has 4 aromatic carbocycles. The van der Waals surface area contributed by atoms with E-state index < -0.39 is 24.2 Å². The smallest absolute Gasteiger partial charge is 0.407 e. The molecule has 0 spiro atoms. The van der Waals surface area contributed by atoms with Crippen LogP contribution in [0, 0.1) is 11.8 Å². The number of rotatable bonds is 53. The fourth-order valence-corrected chi connectivity index (χ4v) is 13.5. The van der Waals surface area contributed by atoms with E-state index in [1.165, 1.54) is 77.0 Å². The van der Waals surface area contributed by atoms with E-state index in [1.807, 2.05) is 48.5 Å². The molecule has 1 unspecified atom stereocenters. The zero-order valence-electron chi connectivity index (χ0n) is 58.3. The predicted octanol–water partition coefficient (Wildman–Crippen LogP) is 18.8. The Hall–Kier alpha value is -6.25. The molecule has 4 aromatic rings. The van der Waals surface area contributed by atoms with Crippen LogP contribution in [-0.4, -0.2) is 113 Å². The van der Waals surface area contributed by atoms with Crippen molar-refractivity contribution in [2.75, 3.05) is 72.4 Å². The molecule has 0 bridgehead atoms. The Balaban J connectivity index is 0.958. The van der Waals surface area contributed by atoms with E-state index in [-0.39, 0.29) is 68.5 Å². The zero-order valence-corrected chi connectivity index (χ0v) is 58.3. The Kier molecular flexibility index (Phi) is 38.2. The summed E-state index contributed by atoms with van der Waals surface area (Å²) in [6, 6.07) is 31.8. The van der Waals surface area contributed by atoms with Crippen molar-refractivity contribution in [3.63, 3.8) is 0 Å². The molecule has 6 rings (SSSR count). The lowest BCUT2D eigenvalue weighted by Crippen LogP contribution is -2.43. The third-order valence-electron chi connectivity index (χ3n) is 19.0. The second kappa shape index (κ2) is 46.8. The first-order valence-electron chi connectivity index (χ1n) is 37.2. The van der Waals surface area contributed by atoms with Crippen LogP contribution in [0.15, 0.2) is 97.1 Å². The van der Waals surface area contributed by atoms with Crippen molar-refractivity contribution in [2.24, 2.45) is 11.8 Å². The quantitative estimate of drug-likeness (QED) is 0.0244. The maximum absolute atomic E-state index is 13.9. The summed E-state index contributed by atoms with van der Waals surface area (Å²) in [6.45, 7) is 13.7. The van der Waals surface area contributed by atoms with Gasteiger partial charge in [-0.3, -0.25) is 9.59 Å². The van der Waals surface area contributed by atoms with Crippen molar-refractivity contribution in [2.45, 2.75) is 245 Å². The molecule has 1 atom stereocenters. The number of hydrogen-bond donors (Lipinski definition) is 2. The van der Waals surface area contributed by atoms with E-state index in [0.29, 0.717) is 39.2 Å². The first-order chi connectivity index (χ1) is 46.2. The van der Waals surface area contributed by atoms with E-state index in [9.17, 15) is 24.0 Å². The molecule has 520 valence electrons. The van der Waals surface area contributed by atoms with Crippen molar-refractivity contribution >= 4 is 30.1 Å². The number of alkyl carbamates (subject to hydrolysis) is 2. The molecule has 2 aliphatic rings. The number of amides is 2. The summed E-state index contributed by atoms with van der Waals surface area (Å²) in [5.74, 6) is -0.764. The van der Waals surface area contributed by atoms with Gasteiger partial charge in [-0.15, -0.1) is 0 Å². The summed E-state index contributed by atoms with van der Waals surface area (Å²) in [6.07, 6.45) is 30.3. The Morgan fingerprint density at radius 2 is 0.734 bits per heavy atom. The van der Waals surface area contributed by atoms with Crippen molar-refractivity contribution in [3.8, 4) is 22.3 Å². The van der Waals surface area contributed by atoms with Gasteiger partial charge in [-0.2, -0.15) is 0 Å². The number of fused-ring (bicyclic) bond motifs is 6. The number of nitrogens with one attached hydrogen (secondary N) is 2. The highest BCUT2D eigenvalue weighted by molar-refractivity contribution is 5.82. The molecule has 14 nitrogen and oxygen atoms in total. The monoisotopic (exact) mass is 1300 g/mol. The van der Waals surface area contributed by atoms with Gasteiger partial charge in [0.05, 0.1) is 38.3 Å². The molecule has 2 aliphatic carbocycles. The van der Waals surface area contributed by atoms with Crippen molar-refractivity contribution in [3.05, 3.63) is 119 Å². The highest BCUT2D eigenvalue weighted by Crippen LogP contribution is 2.46. The lowest BCUT2D eigenvalue weighted by molar-refractivity contribution is -0.150. The third-order valence-corrected chi connectivity index (χ3v) is 19.0. The van der Waals surface area contributed by atoms with E-state index >= 15 is 0 Å². The Morgan fingerprint density at radius 3 is 1.16 bits per heavy atom. The number of carbonyl (C=O) groups is 5. The van der Waals surface area contributed by atoms with Crippen LogP contribution >= 0.6 is 0 Å². The second-order valence-corrected chi connectivity index (χ2v) is 26.3. The van der Waals surface area contributed by atoms with Gasteiger partial charge in [-0.05, 0) is 128 Å². The third kappa shape index (κ3) is 27.8. The lowest BCUT2D eigenvalue weighted by Gasteiger charge is -2.22. The molecule has 2 amide bonds. The fraction of sp³-hybridized carbons (Fsp3) is 0.637. The Labute approximate surface area is 565 Å². The molecule has 0 saturated carbocycles. The molecular formula is C80H119N3O11. The van der Waals surface area contributed by atoms with Gasteiger partial charge in [0.1, 0.15) is 25.9 Å². The van der Waals surface area contributed by atoms with Gasteiger partial charge in [0.15, 0.2) is 0 Å². The number of ether oxygens (including phenoxy) is 6. The normalized spacial score (nSPS) is 12.8. The summed E-state index contributed by atoms with van der Waals surface area (Å²) in [7, 11) is 0. The SMILES string of the molecule is CCCCCCC(CCCCCC)C(=O)OCCCCCCN(CCCCCCOC(=O)C(CCCCCC)CCCCCC)CCOCCOC(=O)C(CCCCNC(=O)OCC1c2ccccc2-c2ccccc21)NC(=O)OCC1c2ccccc2-c2ccccc21. The fourth-order valence-electron chi connectivity index (χ4n) is 13.5. The average Bonchev–Trinajstić information content (AvgIpc) is 1.63. The van der Waals surface area contributed by atoms with E-state index in [4.69, 9.17) is 28.4 Å². The molecule has 14 heteroatoms. The zero-order chi connectivity index (χ0) is 66.6. The molecule has 0 heterocycles. The number of nitrogens with zero attached hydrogens (tertiary/aromatic N) is 1. The number of hydrogen-bond acceptors (Lipinski definition) is 12. The first-order valence-corrected chi connectivity index (χ1v) is 37.2. The van der Waals surface area contributed by atoms with Crippen LogP contribution in [-0.2, 0) is 42.8 Å². The minimum Gasteiger partial charge on any atom is -0.465 e. The summed E-state index contributed by atoms with van der Waals surface area (Å²) in [4.78, 5) is 69.4. The van der Waals surface area contributed by atoms with Gasteiger partial charge in [0.25, 0.3) is 0 Å².